The molecule has 1 saturated heterocycles. The molecular formula is C20H16Cl2FN5O2. The van der Waals surface area contributed by atoms with Crippen LogP contribution in [0, 0.1) is 5.82 Å². The number of aromatic nitrogens is 3. The van der Waals surface area contributed by atoms with Crippen molar-refractivity contribution in [1.29, 1.82) is 0 Å². The standard InChI is InChI=1S/C20H16Cl2FN5O2/c21-13-8-7-11(10-14(13)22)19(30)28-9-3-6-16(28)18(29)25-20-24-17(26-27-20)12-4-1-2-5-15(12)23/h1-2,4-5,7-8,10,16H,3,6,9H2,(H2,24,25,26,27,29). The van der Waals surface area contributed by atoms with Crippen LogP contribution in [0.1, 0.15) is 23.2 Å². The number of H-pyrrole nitrogens is 1. The summed E-state index contributed by atoms with van der Waals surface area (Å²) in [6, 6.07) is 10.0. The first-order valence-corrected chi connectivity index (χ1v) is 9.94. The zero-order valence-electron chi connectivity index (χ0n) is 15.5. The predicted octanol–water partition coefficient (Wildman–Crippen LogP) is 4.16. The highest BCUT2D eigenvalue weighted by Crippen LogP contribution is 2.26. The first kappa shape index (κ1) is 20.3. The summed E-state index contributed by atoms with van der Waals surface area (Å²) in [5.74, 6) is -0.986. The highest BCUT2D eigenvalue weighted by Gasteiger charge is 2.35. The molecule has 4 rings (SSSR count). The molecule has 7 nitrogen and oxygen atoms in total. The van der Waals surface area contributed by atoms with Crippen LogP contribution in [0.3, 0.4) is 0 Å². The van der Waals surface area contributed by atoms with E-state index in [0.717, 1.165) is 0 Å². The van der Waals surface area contributed by atoms with E-state index in [-0.39, 0.29) is 28.3 Å². The number of carbonyl (C=O) groups excluding carboxylic acids is 2. The summed E-state index contributed by atoms with van der Waals surface area (Å²) < 4.78 is 13.9. The maximum atomic E-state index is 13.9. The van der Waals surface area contributed by atoms with Gasteiger partial charge in [0.1, 0.15) is 11.9 Å². The minimum absolute atomic E-state index is 0.00656. The number of anilines is 1. The van der Waals surface area contributed by atoms with Gasteiger partial charge < -0.3 is 4.90 Å². The van der Waals surface area contributed by atoms with E-state index in [2.05, 4.69) is 20.5 Å². The Morgan fingerprint density at radius 2 is 1.97 bits per heavy atom. The van der Waals surface area contributed by atoms with Gasteiger partial charge in [-0.2, -0.15) is 4.98 Å². The van der Waals surface area contributed by atoms with Crippen molar-refractivity contribution in [2.45, 2.75) is 18.9 Å². The summed E-state index contributed by atoms with van der Waals surface area (Å²) in [6.07, 6.45) is 1.18. The lowest BCUT2D eigenvalue weighted by Crippen LogP contribution is -2.43. The number of rotatable bonds is 4. The summed E-state index contributed by atoms with van der Waals surface area (Å²) in [5.41, 5.74) is 0.589. The fourth-order valence-corrected chi connectivity index (χ4v) is 3.66. The zero-order valence-corrected chi connectivity index (χ0v) is 17.0. The van der Waals surface area contributed by atoms with Crippen LogP contribution in [0.25, 0.3) is 11.4 Å². The van der Waals surface area contributed by atoms with Gasteiger partial charge in [-0.3, -0.25) is 20.0 Å². The van der Waals surface area contributed by atoms with Gasteiger partial charge in [0.25, 0.3) is 5.91 Å². The molecule has 2 aromatic carbocycles. The normalized spacial score (nSPS) is 16.0. The Kier molecular flexibility index (Phi) is 5.69. The number of hydrogen-bond donors (Lipinski definition) is 2. The molecule has 2 N–H and O–H groups in total. The van der Waals surface area contributed by atoms with Crippen LogP contribution in [0.5, 0.6) is 0 Å². The van der Waals surface area contributed by atoms with Crippen molar-refractivity contribution in [3.05, 3.63) is 63.9 Å². The molecule has 1 unspecified atom stereocenters. The summed E-state index contributed by atoms with van der Waals surface area (Å²) in [6.45, 7) is 0.436. The van der Waals surface area contributed by atoms with Gasteiger partial charge >= 0.3 is 0 Å². The molecule has 0 radical (unpaired) electrons. The molecule has 154 valence electrons. The average molecular weight is 448 g/mol. The maximum Gasteiger partial charge on any atom is 0.254 e. The highest BCUT2D eigenvalue weighted by atomic mass is 35.5. The minimum Gasteiger partial charge on any atom is -0.327 e. The Balaban J connectivity index is 1.48. The van der Waals surface area contributed by atoms with Crippen molar-refractivity contribution in [2.75, 3.05) is 11.9 Å². The van der Waals surface area contributed by atoms with Crippen molar-refractivity contribution in [3.63, 3.8) is 0 Å². The van der Waals surface area contributed by atoms with Gasteiger partial charge in [0, 0.05) is 12.1 Å². The van der Waals surface area contributed by atoms with Crippen LogP contribution in [-0.4, -0.2) is 44.5 Å². The first-order valence-electron chi connectivity index (χ1n) is 9.18. The maximum absolute atomic E-state index is 13.9. The molecule has 10 heteroatoms. The van der Waals surface area contributed by atoms with Gasteiger partial charge in [-0.1, -0.05) is 35.3 Å². The second-order valence-electron chi connectivity index (χ2n) is 6.76. The number of aromatic amines is 1. The third kappa shape index (κ3) is 4.01. The van der Waals surface area contributed by atoms with Crippen molar-refractivity contribution in [1.82, 2.24) is 20.1 Å². The van der Waals surface area contributed by atoms with E-state index in [9.17, 15) is 14.0 Å². The smallest absolute Gasteiger partial charge is 0.254 e. The molecule has 0 spiro atoms. The summed E-state index contributed by atoms with van der Waals surface area (Å²) >= 11 is 11.9. The Morgan fingerprint density at radius 3 is 2.73 bits per heavy atom. The SMILES string of the molecule is O=C(Nc1n[nH]c(-c2ccccc2F)n1)C1CCCN1C(=O)c1ccc(Cl)c(Cl)c1. The highest BCUT2D eigenvalue weighted by molar-refractivity contribution is 6.42. The predicted molar refractivity (Wildman–Crippen MR) is 111 cm³/mol. The molecule has 1 aliphatic rings. The van der Waals surface area contributed by atoms with Gasteiger partial charge in [0.2, 0.25) is 11.9 Å². The third-order valence-electron chi connectivity index (χ3n) is 4.83. The third-order valence-corrected chi connectivity index (χ3v) is 5.57. The number of halogens is 3. The summed E-state index contributed by atoms with van der Waals surface area (Å²) in [4.78, 5) is 31.3. The molecular weight excluding hydrogens is 432 g/mol. The average Bonchev–Trinajstić information content (AvgIpc) is 3.39. The summed E-state index contributed by atoms with van der Waals surface area (Å²) in [5, 5.41) is 9.74. The number of nitrogens with one attached hydrogen (secondary N) is 2. The molecule has 1 atom stereocenters. The van der Waals surface area contributed by atoms with Crippen molar-refractivity contribution >= 4 is 41.0 Å². The molecule has 0 bridgehead atoms. The van der Waals surface area contributed by atoms with Crippen molar-refractivity contribution < 1.29 is 14.0 Å². The van der Waals surface area contributed by atoms with Crippen molar-refractivity contribution in [3.8, 4) is 11.4 Å². The molecule has 0 saturated carbocycles. The first-order chi connectivity index (χ1) is 14.4. The molecule has 0 aliphatic carbocycles. The topological polar surface area (TPSA) is 91.0 Å². The van der Waals surface area contributed by atoms with Gasteiger partial charge in [0.05, 0.1) is 15.6 Å². The van der Waals surface area contributed by atoms with E-state index in [0.29, 0.717) is 30.0 Å². The van der Waals surface area contributed by atoms with E-state index in [1.54, 1.807) is 30.3 Å². The van der Waals surface area contributed by atoms with Gasteiger partial charge in [-0.25, -0.2) is 4.39 Å². The molecule has 1 aromatic heterocycles. The van der Waals surface area contributed by atoms with Crippen LogP contribution in [0.2, 0.25) is 10.0 Å². The molecule has 1 aliphatic heterocycles. The Labute approximate surface area is 181 Å². The Morgan fingerprint density at radius 1 is 1.17 bits per heavy atom. The number of carbonyl (C=O) groups is 2. The number of hydrogen-bond acceptors (Lipinski definition) is 4. The monoisotopic (exact) mass is 447 g/mol. The van der Waals surface area contributed by atoms with E-state index in [1.165, 1.54) is 17.0 Å². The van der Waals surface area contributed by atoms with E-state index >= 15 is 0 Å². The number of benzene rings is 2. The van der Waals surface area contributed by atoms with Gasteiger partial charge in [-0.15, -0.1) is 5.10 Å². The van der Waals surface area contributed by atoms with E-state index in [4.69, 9.17) is 23.2 Å². The Bertz CT molecular complexity index is 1120. The molecule has 30 heavy (non-hydrogen) atoms. The quantitative estimate of drug-likeness (QED) is 0.627. The fraction of sp³-hybridized carbons (Fsp3) is 0.200. The summed E-state index contributed by atoms with van der Waals surface area (Å²) in [7, 11) is 0. The molecule has 3 aromatic rings. The van der Waals surface area contributed by atoms with Gasteiger partial charge in [0.15, 0.2) is 5.82 Å². The largest absolute Gasteiger partial charge is 0.327 e. The lowest BCUT2D eigenvalue weighted by molar-refractivity contribution is -0.119. The van der Waals surface area contributed by atoms with Crippen LogP contribution in [-0.2, 0) is 4.79 Å². The number of likely N-dealkylation sites (tertiary alicyclic amines) is 1. The molecule has 2 heterocycles. The molecule has 2 amide bonds. The van der Waals surface area contributed by atoms with E-state index in [1.807, 2.05) is 0 Å². The van der Waals surface area contributed by atoms with Crippen molar-refractivity contribution in [2.24, 2.45) is 0 Å². The fourth-order valence-electron chi connectivity index (χ4n) is 3.36. The van der Waals surface area contributed by atoms with Crippen LogP contribution >= 0.6 is 23.2 Å². The van der Waals surface area contributed by atoms with E-state index < -0.39 is 17.8 Å². The number of nitrogens with zero attached hydrogens (tertiary/aromatic N) is 3. The number of amides is 2. The second kappa shape index (κ2) is 8.41. The second-order valence-corrected chi connectivity index (χ2v) is 7.58. The van der Waals surface area contributed by atoms with Gasteiger partial charge in [-0.05, 0) is 43.2 Å². The lowest BCUT2D eigenvalue weighted by Gasteiger charge is -2.23. The molecule has 1 fully saturated rings. The van der Waals surface area contributed by atoms with Crippen LogP contribution < -0.4 is 5.32 Å². The van der Waals surface area contributed by atoms with Crippen LogP contribution in [0.15, 0.2) is 42.5 Å². The zero-order chi connectivity index (χ0) is 21.3. The van der Waals surface area contributed by atoms with Crippen LogP contribution in [0.4, 0.5) is 10.3 Å². The minimum atomic E-state index is -0.678. The lowest BCUT2D eigenvalue weighted by atomic mass is 10.1. The Hall–Kier alpha value is -2.97.